The quantitative estimate of drug-likeness (QED) is 0.438. The Labute approximate surface area is 216 Å². The van der Waals surface area contributed by atoms with Crippen LogP contribution in [0.1, 0.15) is 25.8 Å². The fourth-order valence-corrected chi connectivity index (χ4v) is 5.96. The molecule has 10 heteroatoms. The van der Waals surface area contributed by atoms with Crippen LogP contribution in [0.15, 0.2) is 29.2 Å². The monoisotopic (exact) mass is 546 g/mol. The molecule has 1 fully saturated rings. The Morgan fingerprint density at radius 2 is 1.68 bits per heavy atom. The molecule has 0 aromatic heterocycles. The summed E-state index contributed by atoms with van der Waals surface area (Å²) >= 11 is 18.8. The minimum atomic E-state index is -3.39. The van der Waals surface area contributed by atoms with Crippen LogP contribution >= 0.6 is 34.8 Å². The number of benzene rings is 2. The number of nitrogens with zero attached hydrogens (tertiary/aromatic N) is 2. The van der Waals surface area contributed by atoms with Crippen molar-refractivity contribution >= 4 is 50.3 Å². The first-order valence-corrected chi connectivity index (χ1v) is 14.2. The first-order chi connectivity index (χ1) is 16.0. The zero-order valence-electron chi connectivity index (χ0n) is 19.5. The number of halogens is 3. The van der Waals surface area contributed by atoms with E-state index in [1.165, 1.54) is 17.7 Å². The molecule has 0 spiro atoms. The molecule has 6 nitrogen and oxygen atoms in total. The van der Waals surface area contributed by atoms with Gasteiger partial charge in [0, 0.05) is 55.0 Å². The van der Waals surface area contributed by atoms with Gasteiger partial charge in [0.05, 0.1) is 33.8 Å². The average Bonchev–Trinajstić information content (AvgIpc) is 3.06. The first kappa shape index (κ1) is 25.7. The molecule has 0 amide bonds. The molecule has 2 heterocycles. The summed E-state index contributed by atoms with van der Waals surface area (Å²) in [4.78, 5) is 4.82. The smallest absolute Gasteiger partial charge is 0.175 e. The van der Waals surface area contributed by atoms with E-state index in [9.17, 15) is 8.42 Å². The van der Waals surface area contributed by atoms with Gasteiger partial charge in [-0.2, -0.15) is 0 Å². The number of ether oxygens (including phenoxy) is 2. The Morgan fingerprint density at radius 1 is 1.03 bits per heavy atom. The summed E-state index contributed by atoms with van der Waals surface area (Å²) in [6.07, 6.45) is 1.91. The first-order valence-electron chi connectivity index (χ1n) is 11.2. The third-order valence-electron chi connectivity index (χ3n) is 6.32. The van der Waals surface area contributed by atoms with Crippen molar-refractivity contribution in [1.29, 1.82) is 0 Å². The second kappa shape index (κ2) is 9.94. The van der Waals surface area contributed by atoms with E-state index in [1.807, 2.05) is 12.1 Å². The van der Waals surface area contributed by atoms with Crippen LogP contribution in [0.2, 0.25) is 15.1 Å². The van der Waals surface area contributed by atoms with Crippen LogP contribution in [0.25, 0.3) is 0 Å². The molecule has 0 atom stereocenters. The molecule has 34 heavy (non-hydrogen) atoms. The van der Waals surface area contributed by atoms with E-state index in [0.717, 1.165) is 61.9 Å². The highest BCUT2D eigenvalue weighted by Crippen LogP contribution is 2.46. The van der Waals surface area contributed by atoms with Crippen LogP contribution in [0.5, 0.6) is 11.5 Å². The number of hydrogen-bond acceptors (Lipinski definition) is 6. The molecule has 2 aromatic carbocycles. The van der Waals surface area contributed by atoms with Crippen LogP contribution in [0, 0.1) is 0 Å². The van der Waals surface area contributed by atoms with E-state index in [2.05, 4.69) is 23.6 Å². The van der Waals surface area contributed by atoms with E-state index in [1.54, 1.807) is 0 Å². The van der Waals surface area contributed by atoms with Gasteiger partial charge in [-0.25, -0.2) is 8.42 Å². The van der Waals surface area contributed by atoms with Crippen LogP contribution < -0.4 is 14.4 Å². The highest BCUT2D eigenvalue weighted by molar-refractivity contribution is 7.90. The lowest BCUT2D eigenvalue weighted by Crippen LogP contribution is -2.46. The molecule has 0 aliphatic carbocycles. The molecule has 0 bridgehead atoms. The van der Waals surface area contributed by atoms with Gasteiger partial charge in [0.1, 0.15) is 5.75 Å². The van der Waals surface area contributed by atoms with Crippen LogP contribution in [0.3, 0.4) is 0 Å². The number of anilines is 1. The fourth-order valence-electron chi connectivity index (χ4n) is 4.36. The van der Waals surface area contributed by atoms with E-state index < -0.39 is 9.84 Å². The highest BCUT2D eigenvalue weighted by atomic mass is 35.5. The van der Waals surface area contributed by atoms with Crippen molar-refractivity contribution in [3.63, 3.8) is 0 Å². The van der Waals surface area contributed by atoms with Gasteiger partial charge in [-0.15, -0.1) is 0 Å². The van der Waals surface area contributed by atoms with Crippen molar-refractivity contribution in [2.24, 2.45) is 0 Å². The molecule has 2 aromatic rings. The molecule has 4 rings (SSSR count). The Balaban J connectivity index is 1.29. The minimum Gasteiger partial charge on any atom is -0.490 e. The molecular weight excluding hydrogens is 519 g/mol. The second-order valence-electron chi connectivity index (χ2n) is 9.49. The number of sulfone groups is 1. The Bertz CT molecular complexity index is 1160. The van der Waals surface area contributed by atoms with Gasteiger partial charge >= 0.3 is 0 Å². The SMILES string of the molecule is CC1(C)COc2c(N3CCN(CCCOc4c(Cl)cc(S(C)(=O)=O)cc4Cl)CC3)cc(Cl)cc21. The molecule has 2 aliphatic heterocycles. The molecule has 186 valence electrons. The van der Waals surface area contributed by atoms with Crippen molar-refractivity contribution in [2.75, 3.05) is 57.1 Å². The van der Waals surface area contributed by atoms with Gasteiger partial charge in [0.2, 0.25) is 0 Å². The molecule has 0 radical (unpaired) electrons. The maximum absolute atomic E-state index is 11.7. The standard InChI is InChI=1S/C24H29Cl3N2O4S/c1-24(2)15-33-22-18(24)11-16(25)12-21(22)29-8-6-28(7-9-29)5-4-10-32-23-19(26)13-17(14-20(23)27)34(3,30)31/h11-14H,4-10,15H2,1-3H3. The van der Waals surface area contributed by atoms with Gasteiger partial charge < -0.3 is 14.4 Å². The molecule has 0 N–H and O–H groups in total. The van der Waals surface area contributed by atoms with Crippen LogP contribution in [0.4, 0.5) is 5.69 Å². The third-order valence-corrected chi connectivity index (χ3v) is 8.19. The van der Waals surface area contributed by atoms with Crippen molar-refractivity contribution < 1.29 is 17.9 Å². The van der Waals surface area contributed by atoms with Gasteiger partial charge in [-0.3, -0.25) is 4.90 Å². The van der Waals surface area contributed by atoms with E-state index in [-0.39, 0.29) is 20.4 Å². The van der Waals surface area contributed by atoms with Crippen molar-refractivity contribution in [3.05, 3.63) is 44.9 Å². The summed E-state index contributed by atoms with van der Waals surface area (Å²) in [6, 6.07) is 6.77. The lowest BCUT2D eigenvalue weighted by Gasteiger charge is -2.36. The summed E-state index contributed by atoms with van der Waals surface area (Å²) in [7, 11) is -3.39. The zero-order valence-corrected chi connectivity index (χ0v) is 22.6. The second-order valence-corrected chi connectivity index (χ2v) is 12.8. The van der Waals surface area contributed by atoms with E-state index >= 15 is 0 Å². The maximum Gasteiger partial charge on any atom is 0.175 e. The van der Waals surface area contributed by atoms with Gasteiger partial charge in [-0.1, -0.05) is 48.7 Å². The summed E-state index contributed by atoms with van der Waals surface area (Å²) < 4.78 is 35.3. The fraction of sp³-hybridized carbons (Fsp3) is 0.500. The summed E-state index contributed by atoms with van der Waals surface area (Å²) in [5, 5.41) is 1.13. The Hall–Kier alpha value is -1.38. The zero-order chi connectivity index (χ0) is 24.7. The lowest BCUT2D eigenvalue weighted by molar-refractivity contribution is 0.224. The molecular formula is C24H29Cl3N2O4S. The molecule has 0 unspecified atom stereocenters. The van der Waals surface area contributed by atoms with Crippen LogP contribution in [-0.4, -0.2) is 65.5 Å². The number of hydrogen-bond donors (Lipinski definition) is 0. The summed E-state index contributed by atoms with van der Waals surface area (Å²) in [6.45, 7) is 9.97. The maximum atomic E-state index is 11.7. The number of rotatable bonds is 7. The Kier molecular flexibility index (Phi) is 7.51. The topological polar surface area (TPSA) is 59.1 Å². The largest absolute Gasteiger partial charge is 0.490 e. The summed E-state index contributed by atoms with van der Waals surface area (Å²) in [5.74, 6) is 1.28. The molecule has 1 saturated heterocycles. The average molecular weight is 548 g/mol. The predicted molar refractivity (Wildman–Crippen MR) is 138 cm³/mol. The van der Waals surface area contributed by atoms with Gasteiger partial charge in [0.15, 0.2) is 15.6 Å². The number of fused-ring (bicyclic) bond motifs is 1. The Morgan fingerprint density at radius 3 is 2.29 bits per heavy atom. The predicted octanol–water partition coefficient (Wildman–Crippen LogP) is 5.31. The van der Waals surface area contributed by atoms with Gasteiger partial charge in [0.25, 0.3) is 0 Å². The van der Waals surface area contributed by atoms with Crippen molar-refractivity contribution in [1.82, 2.24) is 4.90 Å². The highest BCUT2D eigenvalue weighted by Gasteiger charge is 2.35. The van der Waals surface area contributed by atoms with E-state index in [4.69, 9.17) is 44.3 Å². The van der Waals surface area contributed by atoms with Gasteiger partial charge in [-0.05, 0) is 30.7 Å². The molecule has 2 aliphatic rings. The lowest BCUT2D eigenvalue weighted by atomic mass is 9.86. The number of piperazine rings is 1. The van der Waals surface area contributed by atoms with Crippen molar-refractivity contribution in [3.8, 4) is 11.5 Å². The summed E-state index contributed by atoms with van der Waals surface area (Å²) in [5.41, 5.74) is 2.22. The van der Waals surface area contributed by atoms with E-state index in [0.29, 0.717) is 19.0 Å². The molecule has 0 saturated carbocycles. The normalized spacial score (nSPS) is 18.0. The third kappa shape index (κ3) is 5.54. The van der Waals surface area contributed by atoms with Crippen LogP contribution in [-0.2, 0) is 15.3 Å². The van der Waals surface area contributed by atoms with Crippen molar-refractivity contribution in [2.45, 2.75) is 30.6 Å². The minimum absolute atomic E-state index is 0.0340.